The highest BCUT2D eigenvalue weighted by atomic mass is 32.2. The fraction of sp³-hybridized carbons (Fsp3) is 0.448. The summed E-state index contributed by atoms with van der Waals surface area (Å²) < 4.78 is 2.16. The van der Waals surface area contributed by atoms with E-state index < -0.39 is 5.91 Å². The lowest BCUT2D eigenvalue weighted by atomic mass is 9.86. The zero-order chi connectivity index (χ0) is 27.0. The predicted octanol–water partition coefficient (Wildman–Crippen LogP) is 6.29. The van der Waals surface area contributed by atoms with Gasteiger partial charge >= 0.3 is 0 Å². The highest BCUT2D eigenvalue weighted by Gasteiger charge is 2.19. The summed E-state index contributed by atoms with van der Waals surface area (Å²) in [4.78, 5) is 23.9. The number of carbonyl (C=O) groups is 2. The van der Waals surface area contributed by atoms with Crippen LogP contribution in [0, 0.1) is 5.92 Å². The molecule has 3 rings (SSSR count). The molecule has 1 unspecified atom stereocenters. The number of nitrogens with one attached hydrogen (secondary N) is 1. The number of amides is 2. The van der Waals surface area contributed by atoms with Crippen LogP contribution in [0.4, 0.5) is 5.69 Å². The van der Waals surface area contributed by atoms with Crippen molar-refractivity contribution in [2.45, 2.75) is 77.4 Å². The fourth-order valence-electron chi connectivity index (χ4n) is 4.08. The third kappa shape index (κ3) is 8.18. The third-order valence-electron chi connectivity index (χ3n) is 6.31. The second kappa shape index (κ2) is 12.9. The number of nitrogens with two attached hydrogens (primary N) is 1. The van der Waals surface area contributed by atoms with Crippen molar-refractivity contribution in [1.82, 2.24) is 14.8 Å². The molecule has 3 N–H and O–H groups in total. The van der Waals surface area contributed by atoms with Crippen LogP contribution in [0.15, 0.2) is 53.7 Å². The summed E-state index contributed by atoms with van der Waals surface area (Å²) in [6, 6.07) is 15.1. The smallest absolute Gasteiger partial charge is 0.248 e. The largest absolute Gasteiger partial charge is 0.366 e. The SMILES string of the molecule is CCCCCC(C)Cn1c(SCC(=O)Nc2ccc(C(N)=O)cc2)nnc1-c1ccc(C(C)(C)C)cc1. The van der Waals surface area contributed by atoms with Crippen LogP contribution < -0.4 is 11.1 Å². The van der Waals surface area contributed by atoms with E-state index in [0.29, 0.717) is 17.2 Å². The topological polar surface area (TPSA) is 103 Å². The van der Waals surface area contributed by atoms with E-state index in [1.54, 1.807) is 24.3 Å². The highest BCUT2D eigenvalue weighted by molar-refractivity contribution is 7.99. The van der Waals surface area contributed by atoms with E-state index in [1.165, 1.54) is 36.6 Å². The van der Waals surface area contributed by atoms with Crippen LogP contribution in [-0.4, -0.2) is 32.3 Å². The van der Waals surface area contributed by atoms with Gasteiger partial charge in [-0.15, -0.1) is 10.2 Å². The lowest BCUT2D eigenvalue weighted by molar-refractivity contribution is -0.113. The normalized spacial score (nSPS) is 12.4. The number of carbonyl (C=O) groups excluding carboxylic acids is 2. The van der Waals surface area contributed by atoms with E-state index in [2.05, 4.69) is 79.0 Å². The average molecular weight is 522 g/mol. The molecule has 2 amide bonds. The Morgan fingerprint density at radius 3 is 2.30 bits per heavy atom. The van der Waals surface area contributed by atoms with Crippen molar-refractivity contribution >= 4 is 29.3 Å². The van der Waals surface area contributed by atoms with Crippen molar-refractivity contribution in [3.63, 3.8) is 0 Å². The molecular weight excluding hydrogens is 482 g/mol. The number of benzene rings is 2. The van der Waals surface area contributed by atoms with Gasteiger partial charge in [0.1, 0.15) is 0 Å². The molecule has 0 fully saturated rings. The number of rotatable bonds is 12. The molecule has 0 aliphatic carbocycles. The maximum absolute atomic E-state index is 12.6. The van der Waals surface area contributed by atoms with Gasteiger partial charge in [0.2, 0.25) is 11.8 Å². The number of anilines is 1. The molecule has 1 atom stereocenters. The molecule has 1 heterocycles. The van der Waals surface area contributed by atoms with Gasteiger partial charge in [-0.2, -0.15) is 0 Å². The number of nitrogens with zero attached hydrogens (tertiary/aromatic N) is 3. The van der Waals surface area contributed by atoms with Gasteiger partial charge in [0, 0.05) is 23.4 Å². The molecule has 198 valence electrons. The quantitative estimate of drug-likeness (QED) is 0.215. The van der Waals surface area contributed by atoms with Crippen molar-refractivity contribution < 1.29 is 9.59 Å². The van der Waals surface area contributed by atoms with Crippen LogP contribution in [0.5, 0.6) is 0 Å². The zero-order valence-corrected chi connectivity index (χ0v) is 23.4. The van der Waals surface area contributed by atoms with E-state index in [4.69, 9.17) is 5.73 Å². The lowest BCUT2D eigenvalue weighted by Crippen LogP contribution is -2.16. The minimum atomic E-state index is -0.499. The Bertz CT molecular complexity index is 1180. The Morgan fingerprint density at radius 1 is 1.03 bits per heavy atom. The van der Waals surface area contributed by atoms with Crippen LogP contribution in [0.25, 0.3) is 11.4 Å². The molecule has 0 aliphatic rings. The first-order valence-corrected chi connectivity index (χ1v) is 13.9. The molecule has 2 aromatic carbocycles. The first-order valence-electron chi connectivity index (χ1n) is 12.9. The molecule has 1 aromatic heterocycles. The van der Waals surface area contributed by atoms with Crippen LogP contribution >= 0.6 is 11.8 Å². The fourth-order valence-corrected chi connectivity index (χ4v) is 4.83. The first-order chi connectivity index (χ1) is 17.6. The summed E-state index contributed by atoms with van der Waals surface area (Å²) >= 11 is 1.38. The molecule has 0 spiro atoms. The molecule has 0 aliphatic heterocycles. The van der Waals surface area contributed by atoms with E-state index in [0.717, 1.165) is 29.5 Å². The van der Waals surface area contributed by atoms with Crippen molar-refractivity contribution in [3.8, 4) is 11.4 Å². The second-order valence-corrected chi connectivity index (χ2v) is 11.6. The Balaban J connectivity index is 1.75. The van der Waals surface area contributed by atoms with E-state index in [-0.39, 0.29) is 17.1 Å². The Hall–Kier alpha value is -3.13. The van der Waals surface area contributed by atoms with Gasteiger partial charge in [-0.25, -0.2) is 0 Å². The molecule has 0 saturated carbocycles. The summed E-state index contributed by atoms with van der Waals surface area (Å²) in [5.41, 5.74) is 8.66. The van der Waals surface area contributed by atoms with E-state index in [9.17, 15) is 9.59 Å². The number of aromatic nitrogens is 3. The minimum Gasteiger partial charge on any atom is -0.366 e. The second-order valence-electron chi connectivity index (χ2n) is 10.6. The summed E-state index contributed by atoms with van der Waals surface area (Å²) in [5.74, 6) is 0.835. The third-order valence-corrected chi connectivity index (χ3v) is 7.27. The summed E-state index contributed by atoms with van der Waals surface area (Å²) in [6.45, 7) is 11.9. The molecule has 0 radical (unpaired) electrons. The minimum absolute atomic E-state index is 0.0779. The highest BCUT2D eigenvalue weighted by Crippen LogP contribution is 2.29. The van der Waals surface area contributed by atoms with Gasteiger partial charge in [-0.1, -0.05) is 89.9 Å². The number of hydrogen-bond acceptors (Lipinski definition) is 5. The average Bonchev–Trinajstić information content (AvgIpc) is 3.25. The maximum atomic E-state index is 12.6. The van der Waals surface area contributed by atoms with Crippen molar-refractivity contribution in [2.75, 3.05) is 11.1 Å². The molecule has 0 bridgehead atoms. The molecular formula is C29H39N5O2S. The predicted molar refractivity (Wildman–Crippen MR) is 152 cm³/mol. The van der Waals surface area contributed by atoms with Crippen molar-refractivity contribution in [2.24, 2.45) is 11.7 Å². The molecule has 37 heavy (non-hydrogen) atoms. The first kappa shape index (κ1) is 28.4. The summed E-state index contributed by atoms with van der Waals surface area (Å²) in [5, 5.41) is 12.6. The van der Waals surface area contributed by atoms with E-state index in [1.807, 2.05) is 0 Å². The van der Waals surface area contributed by atoms with Crippen LogP contribution in [-0.2, 0) is 16.8 Å². The summed E-state index contributed by atoms with van der Waals surface area (Å²) in [7, 11) is 0. The van der Waals surface area contributed by atoms with Crippen molar-refractivity contribution in [1.29, 1.82) is 0 Å². The molecule has 0 saturated heterocycles. The molecule has 3 aromatic rings. The number of primary amides is 1. The van der Waals surface area contributed by atoms with E-state index >= 15 is 0 Å². The van der Waals surface area contributed by atoms with Crippen LogP contribution in [0.2, 0.25) is 0 Å². The van der Waals surface area contributed by atoms with Gasteiger partial charge in [0.25, 0.3) is 0 Å². The lowest BCUT2D eigenvalue weighted by Gasteiger charge is -2.19. The number of thioether (sulfide) groups is 1. The Kier molecular flexibility index (Phi) is 9.92. The molecule has 7 nitrogen and oxygen atoms in total. The maximum Gasteiger partial charge on any atom is 0.248 e. The molecule has 8 heteroatoms. The van der Waals surface area contributed by atoms with Gasteiger partial charge < -0.3 is 15.6 Å². The van der Waals surface area contributed by atoms with Crippen molar-refractivity contribution in [3.05, 3.63) is 59.7 Å². The van der Waals surface area contributed by atoms with Gasteiger partial charge in [0.05, 0.1) is 5.75 Å². The van der Waals surface area contributed by atoms with Gasteiger partial charge in [-0.3, -0.25) is 9.59 Å². The van der Waals surface area contributed by atoms with Gasteiger partial charge in [0.15, 0.2) is 11.0 Å². The Labute approximate surface area is 224 Å². The Morgan fingerprint density at radius 2 is 1.70 bits per heavy atom. The number of unbranched alkanes of at least 4 members (excludes halogenated alkanes) is 2. The zero-order valence-electron chi connectivity index (χ0n) is 22.6. The summed E-state index contributed by atoms with van der Waals surface area (Å²) in [6.07, 6.45) is 4.77. The van der Waals surface area contributed by atoms with Crippen LogP contribution in [0.1, 0.15) is 76.2 Å². The standard InChI is InChI=1S/C29H39N5O2S/c1-6-7-8-9-20(2)18-34-27(22-10-14-23(15-11-22)29(3,4)5)32-33-28(34)37-19-25(35)31-24-16-12-21(13-17-24)26(30)36/h10-17,20H,6-9,18-19H2,1-5H3,(H2,30,36)(H,31,35). The monoisotopic (exact) mass is 521 g/mol. The number of hydrogen-bond donors (Lipinski definition) is 2. The van der Waals surface area contributed by atoms with Crippen LogP contribution in [0.3, 0.4) is 0 Å². The van der Waals surface area contributed by atoms with Gasteiger partial charge in [-0.05, 0) is 47.6 Å².